The van der Waals surface area contributed by atoms with Gasteiger partial charge in [0.25, 0.3) is 0 Å². The summed E-state index contributed by atoms with van der Waals surface area (Å²) in [6.07, 6.45) is 24.8. The lowest BCUT2D eigenvalue weighted by Crippen LogP contribution is -2.37. The Morgan fingerprint density at radius 2 is 1.17 bits per heavy atom. The molecule has 0 heterocycles. The van der Waals surface area contributed by atoms with Crippen molar-refractivity contribution in [2.45, 2.75) is 109 Å². The molecule has 1 rings (SSSR count). The van der Waals surface area contributed by atoms with E-state index in [4.69, 9.17) is 18.3 Å². The Bertz CT molecular complexity index is 772. The molecule has 6 nitrogen and oxygen atoms in total. The number of nitrogens with zero attached hydrogens (tertiary/aromatic N) is 1. The van der Waals surface area contributed by atoms with Crippen LogP contribution in [0.5, 0.6) is 0 Å². The van der Waals surface area contributed by atoms with Crippen molar-refractivity contribution in [3.8, 4) is 0 Å². The van der Waals surface area contributed by atoms with E-state index in [1.165, 1.54) is 119 Å². The Morgan fingerprint density at radius 3 is 1.66 bits per heavy atom. The second-order valence-corrected chi connectivity index (χ2v) is 15.2. The number of unbranched alkanes of at least 4 members (excludes halogenated alkanes) is 15. The van der Waals surface area contributed by atoms with E-state index >= 15 is 0 Å². The predicted octanol–water partition coefficient (Wildman–Crippen LogP) is 9.79. The average molecular weight is 710 g/mol. The van der Waals surface area contributed by atoms with Crippen molar-refractivity contribution in [3.05, 3.63) is 39.8 Å². The highest BCUT2D eigenvalue weighted by molar-refractivity contribution is 14.1. The third kappa shape index (κ3) is 25.1. The first kappa shape index (κ1) is 39.0. The minimum Gasteiger partial charge on any atom is -0.381 e. The Morgan fingerprint density at radius 1 is 0.683 bits per heavy atom. The molecule has 1 aromatic rings. The van der Waals surface area contributed by atoms with E-state index in [0.717, 1.165) is 24.1 Å². The van der Waals surface area contributed by atoms with Crippen molar-refractivity contribution in [2.24, 2.45) is 0 Å². The summed E-state index contributed by atoms with van der Waals surface area (Å²) in [6, 6.07) is 8.98. The van der Waals surface area contributed by atoms with Gasteiger partial charge in [0.15, 0.2) is 0 Å². The van der Waals surface area contributed by atoms with E-state index in [1.54, 1.807) is 0 Å². The first-order chi connectivity index (χ1) is 19.7. The summed E-state index contributed by atoms with van der Waals surface area (Å²) in [5, 5.41) is 0. The second-order valence-electron chi connectivity index (χ2n) is 12.2. The number of phosphoric acid groups is 1. The molecule has 0 aliphatic rings. The van der Waals surface area contributed by atoms with Gasteiger partial charge >= 0.3 is 7.82 Å². The SMILES string of the molecule is COP(=O)(OC[CH]COCCCCCCCCCCCCCCCCCCc1ccc(I)cc1)OCC[N+](C)(C)C. The Balaban J connectivity index is 1.75. The van der Waals surface area contributed by atoms with Crippen molar-refractivity contribution in [2.75, 3.05) is 61.2 Å². The topological polar surface area (TPSA) is 54.0 Å². The molecule has 0 bridgehead atoms. The zero-order valence-electron chi connectivity index (χ0n) is 26.8. The van der Waals surface area contributed by atoms with Gasteiger partial charge in [-0.25, -0.2) is 4.57 Å². The molecular weight excluding hydrogens is 648 g/mol. The number of rotatable bonds is 29. The third-order valence-electron chi connectivity index (χ3n) is 7.24. The minimum absolute atomic E-state index is 0.185. The van der Waals surface area contributed by atoms with Crippen LogP contribution in [0, 0.1) is 9.99 Å². The van der Waals surface area contributed by atoms with Crippen LogP contribution < -0.4 is 0 Å². The van der Waals surface area contributed by atoms with Crippen molar-refractivity contribution in [1.29, 1.82) is 0 Å². The monoisotopic (exact) mass is 709 g/mol. The van der Waals surface area contributed by atoms with Crippen molar-refractivity contribution in [1.82, 2.24) is 0 Å². The molecule has 41 heavy (non-hydrogen) atoms. The highest BCUT2D eigenvalue weighted by Crippen LogP contribution is 2.48. The first-order valence-corrected chi connectivity index (χ1v) is 18.7. The van der Waals surface area contributed by atoms with Crippen molar-refractivity contribution in [3.63, 3.8) is 0 Å². The van der Waals surface area contributed by atoms with Gasteiger partial charge < -0.3 is 9.22 Å². The number of hydrogen-bond acceptors (Lipinski definition) is 5. The lowest BCUT2D eigenvalue weighted by atomic mass is 10.0. The van der Waals surface area contributed by atoms with Crippen LogP contribution in [0.3, 0.4) is 0 Å². The molecule has 0 fully saturated rings. The summed E-state index contributed by atoms with van der Waals surface area (Å²) >= 11 is 2.37. The number of phosphoric ester groups is 1. The molecule has 0 spiro atoms. The summed E-state index contributed by atoms with van der Waals surface area (Å²) in [5.41, 5.74) is 1.49. The van der Waals surface area contributed by atoms with Crippen LogP contribution in [0.1, 0.15) is 108 Å². The number of aryl methyl sites for hydroxylation is 1. The molecule has 0 saturated carbocycles. The highest BCUT2D eigenvalue weighted by Gasteiger charge is 2.25. The molecule has 1 aromatic carbocycles. The summed E-state index contributed by atoms with van der Waals surface area (Å²) in [5.74, 6) is 0. The molecule has 0 saturated heterocycles. The van der Waals surface area contributed by atoms with E-state index in [9.17, 15) is 4.57 Å². The molecule has 1 unspecified atom stereocenters. The quantitative estimate of drug-likeness (QED) is 0.0359. The fraction of sp³-hybridized carbons (Fsp3) is 0.788. The van der Waals surface area contributed by atoms with Crippen LogP contribution in [0.25, 0.3) is 0 Å². The maximum Gasteiger partial charge on any atom is 0.474 e. The average Bonchev–Trinajstić information content (AvgIpc) is 2.93. The molecule has 239 valence electrons. The van der Waals surface area contributed by atoms with Gasteiger partial charge in [-0.05, 0) is 59.5 Å². The normalized spacial score (nSPS) is 13.5. The van der Waals surface area contributed by atoms with Gasteiger partial charge in [0, 0.05) is 23.7 Å². The zero-order chi connectivity index (χ0) is 30.1. The second kappa shape index (κ2) is 25.3. The van der Waals surface area contributed by atoms with Crippen molar-refractivity contribution < 1.29 is 27.4 Å². The van der Waals surface area contributed by atoms with Gasteiger partial charge in [0.2, 0.25) is 0 Å². The van der Waals surface area contributed by atoms with E-state index in [2.05, 4.69) is 46.9 Å². The maximum absolute atomic E-state index is 12.4. The molecule has 0 amide bonds. The smallest absolute Gasteiger partial charge is 0.381 e. The van der Waals surface area contributed by atoms with Gasteiger partial charge in [-0.2, -0.15) is 0 Å². The molecule has 0 N–H and O–H groups in total. The molecule has 1 radical (unpaired) electrons. The van der Waals surface area contributed by atoms with Gasteiger partial charge in [-0.15, -0.1) is 0 Å². The number of halogens is 1. The Kier molecular flexibility index (Phi) is 24.1. The largest absolute Gasteiger partial charge is 0.474 e. The van der Waals surface area contributed by atoms with Crippen LogP contribution in [0.15, 0.2) is 24.3 Å². The number of benzene rings is 1. The summed E-state index contributed by atoms with van der Waals surface area (Å²) in [7, 11) is 4.01. The molecule has 0 aromatic heterocycles. The number of likely N-dealkylation sites (N-methyl/N-ethyl adjacent to an activating group) is 1. The van der Waals surface area contributed by atoms with Gasteiger partial charge in [0.05, 0.1) is 34.4 Å². The van der Waals surface area contributed by atoms with Crippen LogP contribution in [-0.4, -0.2) is 65.7 Å². The number of hydrogen-bond donors (Lipinski definition) is 0. The standard InChI is InChI=1S/C33H61INO5P/c1-35(2,3)27-31-40-41(36,37-4)39-30-21-29-38-28-20-18-16-14-12-10-8-6-5-7-9-11-13-15-17-19-22-32-23-25-33(34)26-24-32/h21,23-26H,5-20,22,27-31H2,1-4H3/q+1. The molecule has 0 aliphatic carbocycles. The lowest BCUT2D eigenvalue weighted by Gasteiger charge is -2.24. The summed E-state index contributed by atoms with van der Waals surface area (Å²) in [4.78, 5) is 0. The van der Waals surface area contributed by atoms with E-state index in [1.807, 2.05) is 27.6 Å². The number of ether oxygens (including phenoxy) is 1. The van der Waals surface area contributed by atoms with Crippen LogP contribution in [0.2, 0.25) is 0 Å². The number of quaternary nitrogens is 1. The van der Waals surface area contributed by atoms with E-state index in [0.29, 0.717) is 13.2 Å². The van der Waals surface area contributed by atoms with Gasteiger partial charge in [-0.1, -0.05) is 102 Å². The fourth-order valence-electron chi connectivity index (χ4n) is 4.59. The Hall–Kier alpha value is -0.0200. The van der Waals surface area contributed by atoms with Gasteiger partial charge in [0.1, 0.15) is 13.2 Å². The summed E-state index contributed by atoms with van der Waals surface area (Å²) in [6.45, 7) is 2.47. The zero-order valence-corrected chi connectivity index (χ0v) is 29.8. The van der Waals surface area contributed by atoms with Crippen LogP contribution in [-0.2, 0) is 29.3 Å². The first-order valence-electron chi connectivity index (χ1n) is 16.1. The maximum atomic E-state index is 12.4. The lowest BCUT2D eigenvalue weighted by molar-refractivity contribution is -0.870. The third-order valence-corrected chi connectivity index (χ3v) is 9.37. The summed E-state index contributed by atoms with van der Waals surface area (Å²) < 4.78 is 35.7. The van der Waals surface area contributed by atoms with Crippen molar-refractivity contribution >= 4 is 30.4 Å². The van der Waals surface area contributed by atoms with Gasteiger partial charge in [-0.3, -0.25) is 13.6 Å². The van der Waals surface area contributed by atoms with Crippen LogP contribution >= 0.6 is 30.4 Å². The molecular formula is C33H61INO5P+. The molecule has 8 heteroatoms. The molecule has 1 atom stereocenters. The predicted molar refractivity (Wildman–Crippen MR) is 181 cm³/mol. The Labute approximate surface area is 267 Å². The highest BCUT2D eigenvalue weighted by atomic mass is 127. The van der Waals surface area contributed by atoms with E-state index < -0.39 is 7.82 Å². The van der Waals surface area contributed by atoms with E-state index in [-0.39, 0.29) is 6.61 Å². The molecule has 0 aliphatic heterocycles. The fourth-order valence-corrected chi connectivity index (χ4v) is 5.83. The minimum atomic E-state index is -3.49. The van der Waals surface area contributed by atoms with Crippen LogP contribution in [0.4, 0.5) is 0 Å².